The van der Waals surface area contributed by atoms with Gasteiger partial charge in [-0.1, -0.05) is 146 Å². The van der Waals surface area contributed by atoms with E-state index in [1.807, 2.05) is 11.3 Å². The molecule has 0 saturated heterocycles. The van der Waals surface area contributed by atoms with Crippen LogP contribution in [0.4, 0.5) is 0 Å². The summed E-state index contributed by atoms with van der Waals surface area (Å²) in [4.78, 5) is 0. The second kappa shape index (κ2) is 11.4. The minimum atomic E-state index is 0.927. The van der Waals surface area contributed by atoms with Crippen molar-refractivity contribution in [2.45, 2.75) is 0 Å². The summed E-state index contributed by atoms with van der Waals surface area (Å²) in [5.41, 5.74) is 9.27. The van der Waals surface area contributed by atoms with Crippen molar-refractivity contribution in [1.29, 1.82) is 0 Å². The number of thiophene rings is 1. The zero-order chi connectivity index (χ0) is 35.3. The summed E-state index contributed by atoms with van der Waals surface area (Å²) in [6.45, 7) is 0. The van der Waals surface area contributed by atoms with E-state index in [0.717, 1.165) is 11.2 Å². The van der Waals surface area contributed by atoms with Crippen molar-refractivity contribution in [3.63, 3.8) is 0 Å². The van der Waals surface area contributed by atoms with Gasteiger partial charge >= 0.3 is 0 Å². The number of furan rings is 1. The molecule has 0 aliphatic heterocycles. The van der Waals surface area contributed by atoms with Crippen LogP contribution in [0.1, 0.15) is 0 Å². The Labute approximate surface area is 314 Å². The molecule has 2 heteroatoms. The Morgan fingerprint density at radius 2 is 0.889 bits per heavy atom. The Balaban J connectivity index is 1.16. The van der Waals surface area contributed by atoms with Gasteiger partial charge in [-0.25, -0.2) is 0 Å². The Morgan fingerprint density at radius 1 is 0.333 bits per heavy atom. The molecule has 12 rings (SSSR count). The molecule has 0 saturated carbocycles. The van der Waals surface area contributed by atoms with Crippen LogP contribution in [-0.2, 0) is 0 Å². The first-order chi connectivity index (χ1) is 26.8. The van der Waals surface area contributed by atoms with E-state index in [2.05, 4.69) is 182 Å². The molecule has 0 N–H and O–H groups in total. The molecule has 12 aromatic rings. The van der Waals surface area contributed by atoms with E-state index in [4.69, 9.17) is 4.42 Å². The third-order valence-electron chi connectivity index (χ3n) is 11.4. The van der Waals surface area contributed by atoms with Gasteiger partial charge in [-0.3, -0.25) is 0 Å². The molecule has 2 heterocycles. The predicted molar refractivity (Wildman–Crippen MR) is 233 cm³/mol. The van der Waals surface area contributed by atoms with Gasteiger partial charge in [-0.2, -0.15) is 0 Å². The van der Waals surface area contributed by atoms with Crippen molar-refractivity contribution in [3.05, 3.63) is 182 Å². The summed E-state index contributed by atoms with van der Waals surface area (Å²) < 4.78 is 9.39. The smallest absolute Gasteiger partial charge is 0.137 e. The summed E-state index contributed by atoms with van der Waals surface area (Å²) in [5.74, 6) is 0. The lowest BCUT2D eigenvalue weighted by molar-refractivity contribution is 0.670. The van der Waals surface area contributed by atoms with Crippen LogP contribution in [0.3, 0.4) is 0 Å². The number of hydrogen-bond donors (Lipinski definition) is 0. The molecule has 0 aliphatic rings. The second-order valence-electron chi connectivity index (χ2n) is 14.4. The monoisotopic (exact) mass is 702 g/mol. The lowest BCUT2D eigenvalue weighted by atomic mass is 9.84. The minimum Gasteiger partial charge on any atom is -0.456 e. The highest BCUT2D eigenvalue weighted by molar-refractivity contribution is 7.27. The van der Waals surface area contributed by atoms with Gasteiger partial charge in [0.1, 0.15) is 11.2 Å². The molecule has 54 heavy (non-hydrogen) atoms. The molecule has 0 aliphatic carbocycles. The number of benzene rings is 10. The van der Waals surface area contributed by atoms with Crippen molar-refractivity contribution < 1.29 is 4.42 Å². The van der Waals surface area contributed by atoms with Crippen LogP contribution >= 0.6 is 11.3 Å². The summed E-state index contributed by atoms with van der Waals surface area (Å²) in [5, 5.41) is 14.8. The maximum absolute atomic E-state index is 6.83. The SMILES string of the molecule is c1ccc(-c2ccc3cc(-c4c5ccccc5c(-c5cc6oc7cc8ccccc8cc7c6c6sc7ccccc7c56)c5ccccc45)ccc3c2)cc1. The molecule has 10 aromatic carbocycles. The molecular formula is C52H30OS. The number of hydrogen-bond acceptors (Lipinski definition) is 2. The van der Waals surface area contributed by atoms with Crippen LogP contribution in [0.5, 0.6) is 0 Å². The zero-order valence-corrected chi connectivity index (χ0v) is 30.0. The van der Waals surface area contributed by atoms with Crippen molar-refractivity contribution in [1.82, 2.24) is 0 Å². The van der Waals surface area contributed by atoms with Gasteiger partial charge in [0.15, 0.2) is 0 Å². The van der Waals surface area contributed by atoms with Crippen LogP contribution in [0.25, 0.3) is 119 Å². The molecule has 0 radical (unpaired) electrons. The van der Waals surface area contributed by atoms with Gasteiger partial charge in [0, 0.05) is 30.9 Å². The highest BCUT2D eigenvalue weighted by Crippen LogP contribution is 2.51. The third kappa shape index (κ3) is 4.32. The standard InChI is InChI=1S/C52H30OS/c1-2-12-31(13-3-1)34-22-23-36-27-37(25-24-35(36)26-34)48-38-16-6-8-18-40(38)49(41-19-9-7-17-39(41)48)44-30-46-51(52-50(44)42-20-10-11-21-47(42)54-52)43-28-32-14-4-5-15-33(32)29-45(43)53-46/h1-30H. The first-order valence-electron chi connectivity index (χ1n) is 18.5. The molecule has 2 aromatic heterocycles. The molecule has 250 valence electrons. The minimum absolute atomic E-state index is 0.927. The Hall–Kier alpha value is -6.74. The van der Waals surface area contributed by atoms with E-state index in [1.54, 1.807) is 0 Å². The zero-order valence-electron chi connectivity index (χ0n) is 29.1. The van der Waals surface area contributed by atoms with Gasteiger partial charge < -0.3 is 4.42 Å². The molecule has 1 nitrogen and oxygen atoms in total. The summed E-state index contributed by atoms with van der Waals surface area (Å²) in [6.07, 6.45) is 0. The molecule has 0 spiro atoms. The maximum Gasteiger partial charge on any atom is 0.137 e. The largest absolute Gasteiger partial charge is 0.456 e. The van der Waals surface area contributed by atoms with Gasteiger partial charge in [-0.05, 0) is 113 Å². The van der Waals surface area contributed by atoms with Crippen LogP contribution in [0, 0.1) is 0 Å². The highest BCUT2D eigenvalue weighted by atomic mass is 32.1. The Morgan fingerprint density at radius 3 is 1.61 bits per heavy atom. The van der Waals surface area contributed by atoms with Crippen LogP contribution < -0.4 is 0 Å². The van der Waals surface area contributed by atoms with E-state index in [-0.39, 0.29) is 0 Å². The topological polar surface area (TPSA) is 13.1 Å². The summed E-state index contributed by atoms with van der Waals surface area (Å²) in [6, 6.07) is 66.7. The fourth-order valence-electron chi connectivity index (χ4n) is 8.97. The van der Waals surface area contributed by atoms with Crippen LogP contribution in [-0.4, -0.2) is 0 Å². The number of fused-ring (bicyclic) bond motifs is 11. The average Bonchev–Trinajstić information content (AvgIpc) is 3.79. The van der Waals surface area contributed by atoms with Gasteiger partial charge in [0.25, 0.3) is 0 Å². The maximum atomic E-state index is 6.83. The van der Waals surface area contributed by atoms with Crippen molar-refractivity contribution in [3.8, 4) is 33.4 Å². The Kier molecular flexibility index (Phi) is 6.28. The molecule has 0 bridgehead atoms. The third-order valence-corrected chi connectivity index (χ3v) is 12.6. The molecule has 0 atom stereocenters. The van der Waals surface area contributed by atoms with Gasteiger partial charge in [0.05, 0.1) is 0 Å². The van der Waals surface area contributed by atoms with Crippen LogP contribution in [0.2, 0.25) is 0 Å². The van der Waals surface area contributed by atoms with Crippen molar-refractivity contribution in [2.24, 2.45) is 0 Å². The van der Waals surface area contributed by atoms with Crippen molar-refractivity contribution in [2.75, 3.05) is 0 Å². The quantitative estimate of drug-likeness (QED) is 0.167. The summed E-state index contributed by atoms with van der Waals surface area (Å²) >= 11 is 1.88. The fourth-order valence-corrected chi connectivity index (χ4v) is 10.2. The Bertz CT molecular complexity index is 3440. The van der Waals surface area contributed by atoms with Crippen LogP contribution in [0.15, 0.2) is 186 Å². The fraction of sp³-hybridized carbons (Fsp3) is 0. The van der Waals surface area contributed by atoms with E-state index in [1.165, 1.54) is 107 Å². The lowest BCUT2D eigenvalue weighted by Crippen LogP contribution is -1.91. The lowest BCUT2D eigenvalue weighted by Gasteiger charge is -2.19. The first kappa shape index (κ1) is 29.8. The second-order valence-corrected chi connectivity index (χ2v) is 15.4. The predicted octanol–water partition coefficient (Wildman–Crippen LogP) is 15.6. The number of rotatable bonds is 3. The average molecular weight is 703 g/mol. The van der Waals surface area contributed by atoms with Crippen molar-refractivity contribution >= 4 is 96.5 Å². The van der Waals surface area contributed by atoms with E-state index in [0.29, 0.717) is 0 Å². The van der Waals surface area contributed by atoms with Gasteiger partial charge in [-0.15, -0.1) is 11.3 Å². The summed E-state index contributed by atoms with van der Waals surface area (Å²) in [7, 11) is 0. The van der Waals surface area contributed by atoms with Gasteiger partial charge in [0.2, 0.25) is 0 Å². The molecule has 0 unspecified atom stereocenters. The van der Waals surface area contributed by atoms with E-state index >= 15 is 0 Å². The first-order valence-corrected chi connectivity index (χ1v) is 19.3. The molecule has 0 amide bonds. The van der Waals surface area contributed by atoms with E-state index < -0.39 is 0 Å². The van der Waals surface area contributed by atoms with E-state index in [9.17, 15) is 0 Å². The highest BCUT2D eigenvalue weighted by Gasteiger charge is 2.23. The molecular weight excluding hydrogens is 673 g/mol. The molecule has 0 fully saturated rings. The normalized spacial score (nSPS) is 12.1.